The van der Waals surface area contributed by atoms with Gasteiger partial charge in [-0.2, -0.15) is 22.0 Å². The number of alkyl halides is 5. The van der Waals surface area contributed by atoms with Gasteiger partial charge in [0.25, 0.3) is 0 Å². The Kier molecular flexibility index (Phi) is 5.76. The van der Waals surface area contributed by atoms with Crippen molar-refractivity contribution in [2.75, 3.05) is 5.32 Å². The van der Waals surface area contributed by atoms with Crippen molar-refractivity contribution in [1.29, 1.82) is 0 Å². The molecule has 1 N–H and O–H groups in total. The molecule has 1 heterocycles. The number of hydrogen-bond acceptors (Lipinski definition) is 4. The minimum Gasteiger partial charge on any atom is -0.435 e. The summed E-state index contributed by atoms with van der Waals surface area (Å²) in [4.78, 5) is 8.38. The average Bonchev–Trinajstić information content (AvgIpc) is 2.62. The Morgan fingerprint density at radius 3 is 2.04 bits per heavy atom. The van der Waals surface area contributed by atoms with Crippen molar-refractivity contribution < 1.29 is 26.7 Å². The molecule has 146 valence electrons. The van der Waals surface area contributed by atoms with Crippen molar-refractivity contribution in [2.45, 2.75) is 44.5 Å². The SMILES string of the molecule is FC(F)Oc1ccc(-c2cnc(N[C@H]3CC[C@H](C(F)(F)F)CC3)nc2)cc1. The summed E-state index contributed by atoms with van der Waals surface area (Å²) in [6, 6.07) is 5.99. The van der Waals surface area contributed by atoms with E-state index in [9.17, 15) is 22.0 Å². The summed E-state index contributed by atoms with van der Waals surface area (Å²) in [6.07, 6.45) is 0.0542. The van der Waals surface area contributed by atoms with Crippen LogP contribution >= 0.6 is 0 Å². The normalized spacial score (nSPS) is 20.5. The molecule has 1 aliphatic carbocycles. The van der Waals surface area contributed by atoms with E-state index in [4.69, 9.17) is 0 Å². The molecular formula is C18H18F5N3O. The van der Waals surface area contributed by atoms with Crippen molar-refractivity contribution in [3.05, 3.63) is 36.7 Å². The molecule has 1 saturated carbocycles. The van der Waals surface area contributed by atoms with E-state index < -0.39 is 18.7 Å². The fraction of sp³-hybridized carbons (Fsp3) is 0.444. The first kappa shape index (κ1) is 19.3. The van der Waals surface area contributed by atoms with Crippen molar-refractivity contribution in [3.63, 3.8) is 0 Å². The summed E-state index contributed by atoms with van der Waals surface area (Å²) in [7, 11) is 0. The van der Waals surface area contributed by atoms with Crippen molar-refractivity contribution in [3.8, 4) is 16.9 Å². The Labute approximate surface area is 152 Å². The molecule has 0 spiro atoms. The summed E-state index contributed by atoms with van der Waals surface area (Å²) >= 11 is 0. The maximum absolute atomic E-state index is 12.7. The van der Waals surface area contributed by atoms with Gasteiger partial charge in [0.05, 0.1) is 5.92 Å². The van der Waals surface area contributed by atoms with Crippen molar-refractivity contribution in [2.24, 2.45) is 5.92 Å². The predicted octanol–water partition coefficient (Wildman–Crippen LogP) is 5.28. The van der Waals surface area contributed by atoms with Gasteiger partial charge in [-0.3, -0.25) is 0 Å². The number of nitrogens with one attached hydrogen (secondary N) is 1. The van der Waals surface area contributed by atoms with Gasteiger partial charge in [-0.05, 0) is 43.4 Å². The van der Waals surface area contributed by atoms with Crippen LogP contribution in [0.2, 0.25) is 0 Å². The quantitative estimate of drug-likeness (QED) is 0.710. The molecule has 27 heavy (non-hydrogen) atoms. The van der Waals surface area contributed by atoms with Crippen LogP contribution < -0.4 is 10.1 Å². The molecule has 1 aromatic carbocycles. The highest BCUT2D eigenvalue weighted by Crippen LogP contribution is 2.38. The number of halogens is 5. The maximum Gasteiger partial charge on any atom is 0.391 e. The second-order valence-electron chi connectivity index (χ2n) is 6.43. The van der Waals surface area contributed by atoms with E-state index in [1.165, 1.54) is 12.1 Å². The number of hydrogen-bond donors (Lipinski definition) is 1. The number of rotatable bonds is 5. The summed E-state index contributed by atoms with van der Waals surface area (Å²) in [5, 5.41) is 3.07. The Morgan fingerprint density at radius 2 is 1.52 bits per heavy atom. The molecule has 1 aliphatic rings. The minimum absolute atomic E-state index is 0.0578. The van der Waals surface area contributed by atoms with E-state index >= 15 is 0 Å². The minimum atomic E-state index is -4.13. The van der Waals surface area contributed by atoms with E-state index in [1.807, 2.05) is 0 Å². The molecule has 4 nitrogen and oxygen atoms in total. The van der Waals surface area contributed by atoms with E-state index in [0.717, 1.165) is 5.56 Å². The fourth-order valence-electron chi connectivity index (χ4n) is 3.13. The van der Waals surface area contributed by atoms with Gasteiger partial charge in [-0.25, -0.2) is 9.97 Å². The molecule has 1 aromatic heterocycles. The van der Waals surface area contributed by atoms with E-state index in [0.29, 0.717) is 24.4 Å². The topological polar surface area (TPSA) is 47.0 Å². The molecule has 9 heteroatoms. The lowest BCUT2D eigenvalue weighted by atomic mass is 9.86. The molecule has 0 bridgehead atoms. The first-order valence-corrected chi connectivity index (χ1v) is 8.52. The van der Waals surface area contributed by atoms with Gasteiger partial charge in [-0.1, -0.05) is 12.1 Å². The smallest absolute Gasteiger partial charge is 0.391 e. The number of nitrogens with zero attached hydrogens (tertiary/aromatic N) is 2. The van der Waals surface area contributed by atoms with E-state index in [-0.39, 0.29) is 24.6 Å². The van der Waals surface area contributed by atoms with Gasteiger partial charge >= 0.3 is 12.8 Å². The Bertz CT molecular complexity index is 726. The van der Waals surface area contributed by atoms with Gasteiger partial charge in [0, 0.05) is 24.0 Å². The van der Waals surface area contributed by atoms with Gasteiger partial charge in [0.1, 0.15) is 5.75 Å². The van der Waals surface area contributed by atoms with Crippen LogP contribution in [0.1, 0.15) is 25.7 Å². The highest BCUT2D eigenvalue weighted by Gasteiger charge is 2.41. The van der Waals surface area contributed by atoms with Gasteiger partial charge in [-0.15, -0.1) is 0 Å². The molecule has 0 aliphatic heterocycles. The zero-order chi connectivity index (χ0) is 19.4. The summed E-state index contributed by atoms with van der Waals surface area (Å²) < 4.78 is 66.7. The standard InChI is InChI=1S/C18H18F5N3O/c19-16(20)27-15-7-1-11(2-8-15)12-9-24-17(25-10-12)26-14-5-3-13(4-6-14)18(21,22)23/h1-2,7-10,13-14,16H,3-6H2,(H,24,25,26)/t13-,14-. The van der Waals surface area contributed by atoms with Gasteiger partial charge < -0.3 is 10.1 Å². The highest BCUT2D eigenvalue weighted by molar-refractivity contribution is 5.62. The zero-order valence-electron chi connectivity index (χ0n) is 14.2. The molecule has 0 unspecified atom stereocenters. The van der Waals surface area contributed by atoms with Crippen LogP contribution in [0.25, 0.3) is 11.1 Å². The van der Waals surface area contributed by atoms with Gasteiger partial charge in [0.15, 0.2) is 0 Å². The second kappa shape index (κ2) is 8.06. The van der Waals surface area contributed by atoms with Crippen LogP contribution in [0.5, 0.6) is 5.75 Å². The predicted molar refractivity (Wildman–Crippen MR) is 89.5 cm³/mol. The van der Waals surface area contributed by atoms with Crippen LogP contribution in [0.4, 0.5) is 27.9 Å². The lowest BCUT2D eigenvalue weighted by Crippen LogP contribution is -2.33. The van der Waals surface area contributed by atoms with E-state index in [1.54, 1.807) is 24.5 Å². The highest BCUT2D eigenvalue weighted by atomic mass is 19.4. The molecule has 2 aromatic rings. The molecule has 1 fully saturated rings. The first-order valence-electron chi connectivity index (χ1n) is 8.52. The summed E-state index contributed by atoms with van der Waals surface area (Å²) in [5.74, 6) is -0.815. The lowest BCUT2D eigenvalue weighted by Gasteiger charge is -2.30. The number of anilines is 1. The monoisotopic (exact) mass is 387 g/mol. The fourth-order valence-corrected chi connectivity index (χ4v) is 3.13. The molecule has 0 amide bonds. The zero-order valence-corrected chi connectivity index (χ0v) is 14.2. The van der Waals surface area contributed by atoms with Crippen LogP contribution in [0, 0.1) is 5.92 Å². The Hall–Kier alpha value is -2.45. The summed E-state index contributed by atoms with van der Waals surface area (Å²) in [6.45, 7) is -2.88. The maximum atomic E-state index is 12.7. The first-order chi connectivity index (χ1) is 12.8. The third-order valence-electron chi connectivity index (χ3n) is 4.59. The largest absolute Gasteiger partial charge is 0.435 e. The second-order valence-corrected chi connectivity index (χ2v) is 6.43. The molecule has 3 rings (SSSR count). The number of aromatic nitrogens is 2. The Balaban J connectivity index is 1.56. The van der Waals surface area contributed by atoms with Gasteiger partial charge in [0.2, 0.25) is 5.95 Å². The molecule has 0 radical (unpaired) electrons. The van der Waals surface area contributed by atoms with Crippen LogP contribution in [-0.4, -0.2) is 28.8 Å². The van der Waals surface area contributed by atoms with Crippen LogP contribution in [0.15, 0.2) is 36.7 Å². The van der Waals surface area contributed by atoms with E-state index in [2.05, 4.69) is 20.0 Å². The number of benzene rings is 1. The van der Waals surface area contributed by atoms with Crippen LogP contribution in [-0.2, 0) is 0 Å². The van der Waals surface area contributed by atoms with Crippen molar-refractivity contribution in [1.82, 2.24) is 9.97 Å². The van der Waals surface area contributed by atoms with Crippen molar-refractivity contribution >= 4 is 5.95 Å². The van der Waals surface area contributed by atoms with Crippen LogP contribution in [0.3, 0.4) is 0 Å². The Morgan fingerprint density at radius 1 is 0.926 bits per heavy atom. The average molecular weight is 387 g/mol. The summed E-state index contributed by atoms with van der Waals surface area (Å²) in [5.41, 5.74) is 1.42. The third kappa shape index (κ3) is 5.27. The lowest BCUT2D eigenvalue weighted by molar-refractivity contribution is -0.182. The molecule has 0 atom stereocenters. The number of ether oxygens (including phenoxy) is 1. The molecular weight excluding hydrogens is 369 g/mol. The molecule has 0 saturated heterocycles. The third-order valence-corrected chi connectivity index (χ3v) is 4.59.